The van der Waals surface area contributed by atoms with E-state index in [1.54, 1.807) is 13.3 Å². The lowest BCUT2D eigenvalue weighted by Gasteiger charge is -2.36. The first-order chi connectivity index (χ1) is 13.2. The van der Waals surface area contributed by atoms with E-state index in [1.165, 1.54) is 18.5 Å². The predicted molar refractivity (Wildman–Crippen MR) is 105 cm³/mol. The number of aromatic nitrogens is 4. The third-order valence-corrected chi connectivity index (χ3v) is 5.49. The van der Waals surface area contributed by atoms with Crippen molar-refractivity contribution in [3.8, 4) is 0 Å². The second-order valence-corrected chi connectivity index (χ2v) is 7.60. The molecule has 2 saturated carbocycles. The molecule has 2 heterocycles. The molecular weight excluding hydrogens is 342 g/mol. The van der Waals surface area contributed by atoms with Gasteiger partial charge in [0.25, 0.3) is 0 Å². The van der Waals surface area contributed by atoms with Crippen LogP contribution in [0.5, 0.6) is 0 Å². The molecule has 0 aromatic carbocycles. The topological polar surface area (TPSA) is 105 Å². The van der Waals surface area contributed by atoms with Crippen LogP contribution in [0.2, 0.25) is 0 Å². The Hall–Kier alpha value is -2.19. The lowest BCUT2D eigenvalue weighted by Crippen LogP contribution is -2.43. The minimum Gasteiger partial charge on any atom is -0.383 e. The number of hydrogen-bond donors (Lipinski definition) is 3. The van der Waals surface area contributed by atoms with Crippen LogP contribution in [0.4, 0.5) is 17.6 Å². The summed E-state index contributed by atoms with van der Waals surface area (Å²) in [5, 5.41) is 10.8. The summed E-state index contributed by atoms with van der Waals surface area (Å²) in [5.74, 6) is 2.93. The Morgan fingerprint density at radius 3 is 2.78 bits per heavy atom. The fraction of sp³-hybridized carbons (Fsp3) is 0.632. The van der Waals surface area contributed by atoms with Gasteiger partial charge in [0.1, 0.15) is 5.82 Å². The van der Waals surface area contributed by atoms with Gasteiger partial charge >= 0.3 is 0 Å². The zero-order valence-corrected chi connectivity index (χ0v) is 15.9. The number of rotatable bonds is 8. The Labute approximate surface area is 159 Å². The molecule has 0 bridgehead atoms. The molecule has 2 aliphatic carbocycles. The van der Waals surface area contributed by atoms with Gasteiger partial charge in [-0.3, -0.25) is 5.10 Å². The number of hydrogen-bond acceptors (Lipinski definition) is 7. The van der Waals surface area contributed by atoms with Gasteiger partial charge in [-0.25, -0.2) is 4.98 Å². The van der Waals surface area contributed by atoms with Crippen LogP contribution < -0.4 is 16.0 Å². The highest BCUT2D eigenvalue weighted by molar-refractivity contribution is 5.54. The molecule has 0 amide bonds. The maximum absolute atomic E-state index is 6.08. The Morgan fingerprint density at radius 1 is 1.22 bits per heavy atom. The molecule has 146 valence electrons. The highest BCUT2D eigenvalue weighted by Gasteiger charge is 2.27. The molecule has 8 nitrogen and oxygen atoms in total. The number of anilines is 3. The van der Waals surface area contributed by atoms with Crippen molar-refractivity contribution in [3.63, 3.8) is 0 Å². The van der Waals surface area contributed by atoms with Crippen LogP contribution in [0, 0.1) is 0 Å². The van der Waals surface area contributed by atoms with Crippen molar-refractivity contribution >= 4 is 17.6 Å². The van der Waals surface area contributed by atoms with Gasteiger partial charge in [0.05, 0.1) is 6.61 Å². The van der Waals surface area contributed by atoms with Crippen molar-refractivity contribution in [2.24, 2.45) is 5.73 Å². The normalized spacial score (nSPS) is 22.6. The third kappa shape index (κ3) is 4.56. The standard InChI is InChI=1S/C19H29N7O/c1-27-11-10-26(15-6-4-14(20)5-7-15)19-21-9-8-17(23-19)22-18-12-16(24-25-18)13-2-3-13/h8-9,12-15H,2-7,10-11,20H2,1H3,(H2,21,22,23,24,25)/t14-,15-. The van der Waals surface area contributed by atoms with Crippen LogP contribution in [0.15, 0.2) is 18.3 Å². The summed E-state index contributed by atoms with van der Waals surface area (Å²) in [5.41, 5.74) is 7.28. The molecule has 27 heavy (non-hydrogen) atoms. The molecule has 4 rings (SSSR count). The maximum Gasteiger partial charge on any atom is 0.227 e. The number of nitrogens with two attached hydrogens (primary N) is 1. The van der Waals surface area contributed by atoms with Crippen molar-refractivity contribution in [1.29, 1.82) is 0 Å². The van der Waals surface area contributed by atoms with Crippen molar-refractivity contribution in [2.75, 3.05) is 30.5 Å². The average molecular weight is 371 g/mol. The van der Waals surface area contributed by atoms with E-state index in [0.717, 1.165) is 49.8 Å². The molecule has 2 aliphatic rings. The summed E-state index contributed by atoms with van der Waals surface area (Å²) in [6.07, 6.45) is 8.52. The lowest BCUT2D eigenvalue weighted by atomic mass is 9.91. The van der Waals surface area contributed by atoms with Gasteiger partial charge in [0.2, 0.25) is 5.95 Å². The van der Waals surface area contributed by atoms with E-state index in [0.29, 0.717) is 24.6 Å². The van der Waals surface area contributed by atoms with Crippen molar-refractivity contribution < 1.29 is 4.74 Å². The van der Waals surface area contributed by atoms with Crippen LogP contribution in [0.3, 0.4) is 0 Å². The predicted octanol–water partition coefficient (Wildman–Crippen LogP) is 2.54. The quantitative estimate of drug-likeness (QED) is 0.655. The lowest BCUT2D eigenvalue weighted by molar-refractivity contribution is 0.200. The summed E-state index contributed by atoms with van der Waals surface area (Å²) in [7, 11) is 1.73. The van der Waals surface area contributed by atoms with Gasteiger partial charge in [0.15, 0.2) is 5.82 Å². The van der Waals surface area contributed by atoms with Gasteiger partial charge in [-0.1, -0.05) is 0 Å². The molecule has 0 atom stereocenters. The zero-order chi connectivity index (χ0) is 18.6. The van der Waals surface area contributed by atoms with Crippen molar-refractivity contribution in [3.05, 3.63) is 24.0 Å². The Bertz CT molecular complexity index is 737. The zero-order valence-electron chi connectivity index (χ0n) is 15.9. The Kier molecular flexibility index (Phi) is 5.54. The Balaban J connectivity index is 1.48. The summed E-state index contributed by atoms with van der Waals surface area (Å²) < 4.78 is 5.31. The molecule has 2 fully saturated rings. The molecule has 0 unspecified atom stereocenters. The van der Waals surface area contributed by atoms with Crippen LogP contribution in [0.1, 0.15) is 50.1 Å². The summed E-state index contributed by atoms with van der Waals surface area (Å²) in [6.45, 7) is 1.42. The Morgan fingerprint density at radius 2 is 2.04 bits per heavy atom. The van der Waals surface area contributed by atoms with Crippen LogP contribution in [0.25, 0.3) is 0 Å². The fourth-order valence-electron chi connectivity index (χ4n) is 3.74. The molecule has 8 heteroatoms. The summed E-state index contributed by atoms with van der Waals surface area (Å²) in [6, 6.07) is 4.67. The van der Waals surface area contributed by atoms with E-state index in [9.17, 15) is 0 Å². The molecule has 0 saturated heterocycles. The van der Waals surface area contributed by atoms with Crippen molar-refractivity contribution in [2.45, 2.75) is 56.5 Å². The van der Waals surface area contributed by atoms with Crippen LogP contribution >= 0.6 is 0 Å². The number of H-pyrrole nitrogens is 1. The van der Waals surface area contributed by atoms with E-state index in [1.807, 2.05) is 6.07 Å². The largest absolute Gasteiger partial charge is 0.383 e. The number of methoxy groups -OCH3 is 1. The first kappa shape index (κ1) is 18.2. The van der Waals surface area contributed by atoms with E-state index in [4.69, 9.17) is 15.5 Å². The minimum absolute atomic E-state index is 0.319. The molecule has 0 spiro atoms. The molecule has 4 N–H and O–H groups in total. The maximum atomic E-state index is 6.08. The van der Waals surface area contributed by atoms with Crippen LogP contribution in [-0.2, 0) is 4.74 Å². The van der Waals surface area contributed by atoms with Gasteiger partial charge in [0, 0.05) is 49.6 Å². The SMILES string of the molecule is COCCN(c1nccc(Nc2cc(C3CC3)[nH]n2)n1)[C@H]1CC[C@H](N)CC1. The molecule has 0 aliphatic heterocycles. The summed E-state index contributed by atoms with van der Waals surface area (Å²) >= 11 is 0. The van der Waals surface area contributed by atoms with Gasteiger partial charge < -0.3 is 20.7 Å². The van der Waals surface area contributed by atoms with E-state index in [2.05, 4.69) is 31.5 Å². The average Bonchev–Trinajstić information content (AvgIpc) is 3.43. The van der Waals surface area contributed by atoms with Gasteiger partial charge in [-0.15, -0.1) is 0 Å². The van der Waals surface area contributed by atoms with Crippen molar-refractivity contribution in [1.82, 2.24) is 20.2 Å². The highest BCUT2D eigenvalue weighted by atomic mass is 16.5. The fourth-order valence-corrected chi connectivity index (χ4v) is 3.74. The van der Waals surface area contributed by atoms with E-state index < -0.39 is 0 Å². The minimum atomic E-state index is 0.319. The monoisotopic (exact) mass is 371 g/mol. The molecular formula is C19H29N7O. The molecule has 2 aromatic heterocycles. The number of ether oxygens (including phenoxy) is 1. The molecule has 0 radical (unpaired) electrons. The third-order valence-electron chi connectivity index (χ3n) is 5.49. The summed E-state index contributed by atoms with van der Waals surface area (Å²) in [4.78, 5) is 11.5. The smallest absolute Gasteiger partial charge is 0.227 e. The first-order valence-corrected chi connectivity index (χ1v) is 9.89. The van der Waals surface area contributed by atoms with Gasteiger partial charge in [-0.05, 0) is 44.6 Å². The second kappa shape index (κ2) is 8.22. The van der Waals surface area contributed by atoms with E-state index in [-0.39, 0.29) is 0 Å². The van der Waals surface area contributed by atoms with Crippen LogP contribution in [-0.4, -0.2) is 52.5 Å². The van der Waals surface area contributed by atoms with E-state index >= 15 is 0 Å². The highest BCUT2D eigenvalue weighted by Crippen LogP contribution is 2.39. The number of nitrogens with zero attached hydrogens (tertiary/aromatic N) is 4. The number of nitrogens with one attached hydrogen (secondary N) is 2. The second-order valence-electron chi connectivity index (χ2n) is 7.60. The molecule has 2 aromatic rings. The first-order valence-electron chi connectivity index (χ1n) is 9.89. The number of aromatic amines is 1. The van der Waals surface area contributed by atoms with Gasteiger partial charge in [-0.2, -0.15) is 10.1 Å².